The summed E-state index contributed by atoms with van der Waals surface area (Å²) in [7, 11) is 0. The van der Waals surface area contributed by atoms with Crippen LogP contribution in [0.2, 0.25) is 0 Å². The average Bonchev–Trinajstić information content (AvgIpc) is 2.27. The highest BCUT2D eigenvalue weighted by Crippen LogP contribution is 2.23. The van der Waals surface area contributed by atoms with E-state index in [1.165, 1.54) is 0 Å². The SMILES string of the molecule is CC(C)N1CCOC(C(N)CCCC(F)(F)F)C1. The molecule has 6 heteroatoms. The fourth-order valence-corrected chi connectivity index (χ4v) is 2.15. The van der Waals surface area contributed by atoms with Gasteiger partial charge in [-0.3, -0.25) is 4.90 Å². The van der Waals surface area contributed by atoms with E-state index < -0.39 is 12.6 Å². The molecule has 0 spiro atoms. The molecule has 108 valence electrons. The molecular formula is C12H23F3N2O. The van der Waals surface area contributed by atoms with Crippen molar-refractivity contribution in [3.63, 3.8) is 0 Å². The Morgan fingerprint density at radius 2 is 2.06 bits per heavy atom. The summed E-state index contributed by atoms with van der Waals surface area (Å²) in [5, 5.41) is 0. The van der Waals surface area contributed by atoms with E-state index in [0.717, 1.165) is 6.54 Å². The van der Waals surface area contributed by atoms with Crippen LogP contribution in [0.1, 0.15) is 33.1 Å². The molecule has 0 aromatic heterocycles. The van der Waals surface area contributed by atoms with E-state index in [9.17, 15) is 13.2 Å². The van der Waals surface area contributed by atoms with Gasteiger partial charge in [-0.2, -0.15) is 13.2 Å². The lowest BCUT2D eigenvalue weighted by molar-refractivity contribution is -0.136. The van der Waals surface area contributed by atoms with Gasteiger partial charge in [0.2, 0.25) is 0 Å². The number of halogens is 3. The van der Waals surface area contributed by atoms with E-state index in [0.29, 0.717) is 25.6 Å². The molecule has 1 heterocycles. The van der Waals surface area contributed by atoms with Gasteiger partial charge in [-0.1, -0.05) is 0 Å². The molecule has 3 nitrogen and oxygen atoms in total. The Morgan fingerprint density at radius 1 is 1.39 bits per heavy atom. The van der Waals surface area contributed by atoms with Crippen LogP contribution in [0.3, 0.4) is 0 Å². The molecule has 0 aromatic rings. The van der Waals surface area contributed by atoms with Crippen molar-refractivity contribution in [3.8, 4) is 0 Å². The molecule has 1 saturated heterocycles. The number of morpholine rings is 1. The Morgan fingerprint density at radius 3 is 2.61 bits per heavy atom. The summed E-state index contributed by atoms with van der Waals surface area (Å²) in [6, 6.07) is 0.104. The second-order valence-electron chi connectivity index (χ2n) is 5.17. The van der Waals surface area contributed by atoms with Gasteiger partial charge in [0.25, 0.3) is 0 Å². The van der Waals surface area contributed by atoms with E-state index in [2.05, 4.69) is 18.7 Å². The topological polar surface area (TPSA) is 38.5 Å². The molecule has 0 amide bonds. The first kappa shape index (κ1) is 15.7. The first-order chi connectivity index (χ1) is 8.29. The normalized spacial score (nSPS) is 24.5. The second kappa shape index (κ2) is 6.73. The zero-order chi connectivity index (χ0) is 13.8. The van der Waals surface area contributed by atoms with Crippen molar-refractivity contribution in [2.24, 2.45) is 5.73 Å². The second-order valence-corrected chi connectivity index (χ2v) is 5.17. The molecule has 0 aromatic carbocycles. The molecule has 2 unspecified atom stereocenters. The third kappa shape index (κ3) is 5.54. The number of ether oxygens (including phenoxy) is 1. The zero-order valence-electron chi connectivity index (χ0n) is 11.0. The van der Waals surface area contributed by atoms with Crippen molar-refractivity contribution in [1.82, 2.24) is 4.90 Å². The molecule has 1 aliphatic heterocycles. The van der Waals surface area contributed by atoms with E-state index in [1.54, 1.807) is 0 Å². The first-order valence-electron chi connectivity index (χ1n) is 6.47. The van der Waals surface area contributed by atoms with Gasteiger partial charge in [0, 0.05) is 31.6 Å². The van der Waals surface area contributed by atoms with Crippen molar-refractivity contribution < 1.29 is 17.9 Å². The smallest absolute Gasteiger partial charge is 0.374 e. The minimum atomic E-state index is -4.09. The molecule has 2 N–H and O–H groups in total. The molecule has 1 aliphatic rings. The number of hydrogen-bond donors (Lipinski definition) is 1. The lowest BCUT2D eigenvalue weighted by atomic mass is 10.0. The van der Waals surface area contributed by atoms with Gasteiger partial charge in [-0.15, -0.1) is 0 Å². The summed E-state index contributed by atoms with van der Waals surface area (Å²) in [5.41, 5.74) is 5.92. The highest BCUT2D eigenvalue weighted by Gasteiger charge is 2.29. The number of alkyl halides is 3. The standard InChI is InChI=1S/C12H23F3N2O/c1-9(2)17-6-7-18-11(8-17)10(16)4-3-5-12(13,14)15/h9-11H,3-8,16H2,1-2H3. The van der Waals surface area contributed by atoms with E-state index >= 15 is 0 Å². The van der Waals surface area contributed by atoms with Crippen molar-refractivity contribution in [1.29, 1.82) is 0 Å². The minimum Gasteiger partial charge on any atom is -0.374 e. The third-order valence-corrected chi connectivity index (χ3v) is 3.33. The molecule has 1 fully saturated rings. The van der Waals surface area contributed by atoms with Crippen LogP contribution in [0, 0.1) is 0 Å². The van der Waals surface area contributed by atoms with E-state index in [-0.39, 0.29) is 18.6 Å². The van der Waals surface area contributed by atoms with Crippen LogP contribution in [0.15, 0.2) is 0 Å². The lowest BCUT2D eigenvalue weighted by Gasteiger charge is -2.38. The van der Waals surface area contributed by atoms with Crippen LogP contribution in [0.4, 0.5) is 13.2 Å². The lowest BCUT2D eigenvalue weighted by Crippen LogP contribution is -2.52. The van der Waals surface area contributed by atoms with Gasteiger partial charge in [-0.05, 0) is 26.7 Å². The summed E-state index contributed by atoms with van der Waals surface area (Å²) in [6.07, 6.45) is -4.56. The molecule has 0 aliphatic carbocycles. The largest absolute Gasteiger partial charge is 0.389 e. The van der Waals surface area contributed by atoms with E-state index in [4.69, 9.17) is 10.5 Å². The van der Waals surface area contributed by atoms with Crippen molar-refractivity contribution in [3.05, 3.63) is 0 Å². The van der Waals surface area contributed by atoms with Crippen LogP contribution >= 0.6 is 0 Å². The fraction of sp³-hybridized carbons (Fsp3) is 1.00. The summed E-state index contributed by atoms with van der Waals surface area (Å²) in [6.45, 7) is 6.37. The van der Waals surface area contributed by atoms with Crippen LogP contribution in [0.5, 0.6) is 0 Å². The monoisotopic (exact) mass is 268 g/mol. The minimum absolute atomic E-state index is 0.0756. The van der Waals surface area contributed by atoms with Crippen LogP contribution in [0.25, 0.3) is 0 Å². The maximum Gasteiger partial charge on any atom is 0.389 e. The van der Waals surface area contributed by atoms with Gasteiger partial charge in [0.15, 0.2) is 0 Å². The highest BCUT2D eigenvalue weighted by molar-refractivity contribution is 4.82. The molecule has 18 heavy (non-hydrogen) atoms. The molecule has 0 saturated carbocycles. The summed E-state index contributed by atoms with van der Waals surface area (Å²) < 4.78 is 41.7. The predicted molar refractivity (Wildman–Crippen MR) is 64.3 cm³/mol. The van der Waals surface area contributed by atoms with Crippen LogP contribution < -0.4 is 5.73 Å². The van der Waals surface area contributed by atoms with E-state index in [1.807, 2.05) is 0 Å². The van der Waals surface area contributed by atoms with Crippen LogP contribution in [-0.2, 0) is 4.74 Å². The van der Waals surface area contributed by atoms with Gasteiger partial charge >= 0.3 is 6.18 Å². The maximum atomic E-state index is 12.0. The van der Waals surface area contributed by atoms with Gasteiger partial charge < -0.3 is 10.5 Å². The maximum absolute atomic E-state index is 12.0. The summed E-state index contributed by atoms with van der Waals surface area (Å²) in [5.74, 6) is 0. The number of nitrogens with two attached hydrogens (primary N) is 1. The average molecular weight is 268 g/mol. The van der Waals surface area contributed by atoms with Gasteiger partial charge in [0.1, 0.15) is 0 Å². The highest BCUT2D eigenvalue weighted by atomic mass is 19.4. The predicted octanol–water partition coefficient (Wildman–Crippen LogP) is 2.16. The molecule has 0 bridgehead atoms. The van der Waals surface area contributed by atoms with Crippen molar-refractivity contribution in [2.75, 3.05) is 19.7 Å². The quantitative estimate of drug-likeness (QED) is 0.830. The molecule has 2 atom stereocenters. The Labute approximate surface area is 106 Å². The summed E-state index contributed by atoms with van der Waals surface area (Å²) >= 11 is 0. The van der Waals surface area contributed by atoms with Crippen LogP contribution in [-0.4, -0.2) is 49.0 Å². The first-order valence-corrected chi connectivity index (χ1v) is 6.47. The Balaban J connectivity index is 2.30. The number of nitrogens with zero attached hydrogens (tertiary/aromatic N) is 1. The zero-order valence-corrected chi connectivity index (χ0v) is 11.0. The Kier molecular flexibility index (Phi) is 5.88. The van der Waals surface area contributed by atoms with Crippen molar-refractivity contribution >= 4 is 0 Å². The van der Waals surface area contributed by atoms with Gasteiger partial charge in [0.05, 0.1) is 12.7 Å². The summed E-state index contributed by atoms with van der Waals surface area (Å²) in [4.78, 5) is 2.25. The number of rotatable bonds is 5. The fourth-order valence-electron chi connectivity index (χ4n) is 2.15. The Hall–Kier alpha value is -0.330. The van der Waals surface area contributed by atoms with Crippen molar-refractivity contribution in [2.45, 2.75) is 57.5 Å². The van der Waals surface area contributed by atoms with Gasteiger partial charge in [-0.25, -0.2) is 0 Å². The molecule has 1 rings (SSSR count). The Bertz CT molecular complexity index is 246. The number of hydrogen-bond acceptors (Lipinski definition) is 3. The molecular weight excluding hydrogens is 245 g/mol. The molecule has 0 radical (unpaired) electrons. The third-order valence-electron chi connectivity index (χ3n) is 3.33.